The van der Waals surface area contributed by atoms with Crippen molar-refractivity contribution < 1.29 is 4.74 Å². The standard InChI is InChI=1S/C19H35N3O.HI/c1-5-6-13-7-9-14(10-8-13)21-18(20-4)22-16-15-11-12-23-17(15)19(16,2)3;/h13-17H,5-12H2,1-4H3,(H2,20,21,22);1H. The molecule has 3 aliphatic rings. The molecule has 2 aliphatic carbocycles. The third kappa shape index (κ3) is 4.02. The Hall–Kier alpha value is -0.0400. The number of hydrogen-bond donors (Lipinski definition) is 2. The van der Waals surface area contributed by atoms with Crippen molar-refractivity contribution in [1.29, 1.82) is 0 Å². The minimum absolute atomic E-state index is 0. The van der Waals surface area contributed by atoms with E-state index < -0.39 is 0 Å². The number of halogens is 1. The molecule has 0 radical (unpaired) electrons. The second-order valence-corrected chi connectivity index (χ2v) is 8.41. The summed E-state index contributed by atoms with van der Waals surface area (Å²) < 4.78 is 5.90. The summed E-state index contributed by atoms with van der Waals surface area (Å²) in [6.07, 6.45) is 9.66. The summed E-state index contributed by atoms with van der Waals surface area (Å²) in [7, 11) is 1.90. The van der Waals surface area contributed by atoms with Crippen molar-refractivity contribution in [3.63, 3.8) is 0 Å². The Morgan fingerprint density at radius 3 is 2.46 bits per heavy atom. The van der Waals surface area contributed by atoms with Crippen LogP contribution in [0.25, 0.3) is 0 Å². The van der Waals surface area contributed by atoms with Gasteiger partial charge in [0.05, 0.1) is 6.10 Å². The number of fused-ring (bicyclic) bond motifs is 1. The largest absolute Gasteiger partial charge is 0.377 e. The summed E-state index contributed by atoms with van der Waals surface area (Å²) >= 11 is 0. The summed E-state index contributed by atoms with van der Waals surface area (Å²) in [5, 5.41) is 7.39. The lowest BCUT2D eigenvalue weighted by molar-refractivity contribution is -0.106. The third-order valence-electron chi connectivity index (χ3n) is 6.50. The molecule has 0 amide bonds. The lowest BCUT2D eigenvalue weighted by Gasteiger charge is -2.55. The Morgan fingerprint density at radius 2 is 1.83 bits per heavy atom. The first-order valence-corrected chi connectivity index (χ1v) is 9.67. The van der Waals surface area contributed by atoms with Crippen LogP contribution in [0.4, 0.5) is 0 Å². The number of guanidine groups is 1. The SMILES string of the molecule is CCCC1CCC(NC(=NC)NC2C3CCOC3C2(C)C)CC1.I. The van der Waals surface area contributed by atoms with Crippen LogP contribution in [0.5, 0.6) is 0 Å². The van der Waals surface area contributed by atoms with Crippen LogP contribution in [0.1, 0.15) is 65.7 Å². The Bertz CT molecular complexity index is 432. The van der Waals surface area contributed by atoms with Crippen LogP contribution in [0.15, 0.2) is 4.99 Å². The fourth-order valence-corrected chi connectivity index (χ4v) is 5.13. The summed E-state index contributed by atoms with van der Waals surface area (Å²) in [5.41, 5.74) is 0.206. The molecule has 24 heavy (non-hydrogen) atoms. The average molecular weight is 449 g/mol. The number of rotatable bonds is 4. The molecule has 5 heteroatoms. The minimum atomic E-state index is 0. The summed E-state index contributed by atoms with van der Waals surface area (Å²) in [5.74, 6) is 2.60. The molecule has 3 atom stereocenters. The number of nitrogens with one attached hydrogen (secondary N) is 2. The maximum atomic E-state index is 5.90. The third-order valence-corrected chi connectivity index (χ3v) is 6.50. The number of nitrogens with zero attached hydrogens (tertiary/aromatic N) is 1. The molecule has 0 aromatic rings. The molecule has 1 heterocycles. The van der Waals surface area contributed by atoms with Gasteiger partial charge in [0.2, 0.25) is 0 Å². The summed E-state index contributed by atoms with van der Waals surface area (Å²) in [6, 6.07) is 1.07. The quantitative estimate of drug-likeness (QED) is 0.388. The van der Waals surface area contributed by atoms with Crippen LogP contribution in [0.3, 0.4) is 0 Å². The van der Waals surface area contributed by atoms with Crippen LogP contribution in [0, 0.1) is 17.3 Å². The molecule has 3 fully saturated rings. The molecule has 140 valence electrons. The molecule has 3 unspecified atom stereocenters. The van der Waals surface area contributed by atoms with Gasteiger partial charge in [0, 0.05) is 37.1 Å². The van der Waals surface area contributed by atoms with E-state index in [0.717, 1.165) is 18.5 Å². The van der Waals surface area contributed by atoms with E-state index in [1.54, 1.807) is 0 Å². The highest BCUT2D eigenvalue weighted by atomic mass is 127. The predicted octanol–water partition coefficient (Wildman–Crippen LogP) is 3.94. The smallest absolute Gasteiger partial charge is 0.191 e. The van der Waals surface area contributed by atoms with E-state index >= 15 is 0 Å². The van der Waals surface area contributed by atoms with Crippen molar-refractivity contribution in [3.8, 4) is 0 Å². The average Bonchev–Trinajstić information content (AvgIpc) is 3.00. The molecule has 1 saturated heterocycles. The van der Waals surface area contributed by atoms with E-state index in [9.17, 15) is 0 Å². The highest BCUT2D eigenvalue weighted by molar-refractivity contribution is 14.0. The highest BCUT2D eigenvalue weighted by Crippen LogP contribution is 2.52. The molecule has 2 saturated carbocycles. The number of hydrogen-bond acceptors (Lipinski definition) is 2. The highest BCUT2D eigenvalue weighted by Gasteiger charge is 2.59. The van der Waals surface area contributed by atoms with Gasteiger partial charge in [0.1, 0.15) is 0 Å². The Kier molecular flexibility index (Phi) is 7.23. The van der Waals surface area contributed by atoms with E-state index in [2.05, 4.69) is 36.4 Å². The normalized spacial score (nSPS) is 37.8. The number of aliphatic imine (C=N–C) groups is 1. The maximum absolute atomic E-state index is 5.90. The molecule has 0 bridgehead atoms. The fourth-order valence-electron chi connectivity index (χ4n) is 5.13. The van der Waals surface area contributed by atoms with Gasteiger partial charge in [-0.1, -0.05) is 33.6 Å². The zero-order valence-electron chi connectivity index (χ0n) is 15.8. The minimum Gasteiger partial charge on any atom is -0.377 e. The van der Waals surface area contributed by atoms with Crippen molar-refractivity contribution in [3.05, 3.63) is 0 Å². The first-order valence-electron chi connectivity index (χ1n) is 9.67. The van der Waals surface area contributed by atoms with E-state index in [1.807, 2.05) is 7.05 Å². The van der Waals surface area contributed by atoms with Gasteiger partial charge in [-0.15, -0.1) is 24.0 Å². The molecule has 0 spiro atoms. The maximum Gasteiger partial charge on any atom is 0.191 e. The molecule has 2 N–H and O–H groups in total. The van der Waals surface area contributed by atoms with Crippen molar-refractivity contribution >= 4 is 29.9 Å². The van der Waals surface area contributed by atoms with Crippen LogP contribution < -0.4 is 10.6 Å². The lowest BCUT2D eigenvalue weighted by atomic mass is 9.57. The second kappa shape index (κ2) is 8.56. The van der Waals surface area contributed by atoms with Crippen molar-refractivity contribution in [2.75, 3.05) is 13.7 Å². The van der Waals surface area contributed by atoms with Crippen LogP contribution >= 0.6 is 24.0 Å². The molecule has 1 aliphatic heterocycles. The van der Waals surface area contributed by atoms with Crippen molar-refractivity contribution in [2.45, 2.75) is 83.9 Å². The van der Waals surface area contributed by atoms with E-state index in [-0.39, 0.29) is 29.4 Å². The van der Waals surface area contributed by atoms with Gasteiger partial charge in [0.25, 0.3) is 0 Å². The first-order chi connectivity index (χ1) is 11.1. The predicted molar refractivity (Wildman–Crippen MR) is 111 cm³/mol. The monoisotopic (exact) mass is 449 g/mol. The molecule has 0 aromatic carbocycles. The molecular weight excluding hydrogens is 413 g/mol. The Morgan fingerprint density at radius 1 is 1.12 bits per heavy atom. The van der Waals surface area contributed by atoms with Gasteiger partial charge in [-0.05, 0) is 38.0 Å². The molecule has 3 rings (SSSR count). The fraction of sp³-hybridized carbons (Fsp3) is 0.947. The van der Waals surface area contributed by atoms with E-state index in [4.69, 9.17) is 4.74 Å². The first kappa shape index (κ1) is 20.3. The second-order valence-electron chi connectivity index (χ2n) is 8.41. The van der Waals surface area contributed by atoms with Gasteiger partial charge in [0.15, 0.2) is 5.96 Å². The van der Waals surface area contributed by atoms with E-state index in [0.29, 0.717) is 24.1 Å². The lowest BCUT2D eigenvalue weighted by Crippen LogP contribution is -2.68. The zero-order chi connectivity index (χ0) is 16.4. The van der Waals surface area contributed by atoms with Crippen LogP contribution in [-0.4, -0.2) is 37.8 Å². The topological polar surface area (TPSA) is 45.7 Å². The van der Waals surface area contributed by atoms with Gasteiger partial charge < -0.3 is 15.4 Å². The molecule has 0 aromatic heterocycles. The number of ether oxygens (including phenoxy) is 1. The Balaban J connectivity index is 0.00000208. The van der Waals surface area contributed by atoms with Crippen LogP contribution in [-0.2, 0) is 4.74 Å². The van der Waals surface area contributed by atoms with E-state index in [1.165, 1.54) is 44.9 Å². The summed E-state index contributed by atoms with van der Waals surface area (Å²) in [6.45, 7) is 7.86. The van der Waals surface area contributed by atoms with Gasteiger partial charge in [-0.2, -0.15) is 0 Å². The van der Waals surface area contributed by atoms with Crippen molar-refractivity contribution in [2.24, 2.45) is 22.2 Å². The van der Waals surface area contributed by atoms with Gasteiger partial charge >= 0.3 is 0 Å². The van der Waals surface area contributed by atoms with Crippen molar-refractivity contribution in [1.82, 2.24) is 10.6 Å². The van der Waals surface area contributed by atoms with Crippen LogP contribution in [0.2, 0.25) is 0 Å². The summed E-state index contributed by atoms with van der Waals surface area (Å²) in [4.78, 5) is 4.49. The molecular formula is C19H36IN3O. The Labute approximate surface area is 165 Å². The van der Waals surface area contributed by atoms with Gasteiger partial charge in [-0.25, -0.2) is 0 Å². The van der Waals surface area contributed by atoms with Gasteiger partial charge in [-0.3, -0.25) is 4.99 Å². The molecule has 4 nitrogen and oxygen atoms in total. The zero-order valence-corrected chi connectivity index (χ0v) is 18.1.